The molecule has 34 heavy (non-hydrogen) atoms. The smallest absolute Gasteiger partial charge is 0.331 e. The molecule has 186 valence electrons. The molecule has 1 saturated carbocycles. The van der Waals surface area contributed by atoms with Gasteiger partial charge in [-0.2, -0.15) is 0 Å². The van der Waals surface area contributed by atoms with E-state index in [9.17, 15) is 9.59 Å². The van der Waals surface area contributed by atoms with Crippen LogP contribution < -0.4 is 0 Å². The molecule has 0 spiro atoms. The second-order valence-electron chi connectivity index (χ2n) is 10.9. The molecular weight excluding hydrogens is 440 g/mol. The number of carbonyl (C=O) groups is 2. The molecule has 2 saturated heterocycles. The highest BCUT2D eigenvalue weighted by atomic mass is 16.8. The lowest BCUT2D eigenvalue weighted by molar-refractivity contribution is -0.212. The number of benzene rings is 1. The lowest BCUT2D eigenvalue weighted by Gasteiger charge is -2.42. The predicted molar refractivity (Wildman–Crippen MR) is 122 cm³/mol. The standard InChI is InChI=1S/C26H34O8/c1-24(2,3)23(28)30-18-17(29-16(27)14-13-15-11-9-8-10-12-15)19-21(33-25(4,5)31-19)22-20(18)32-26(6,7)34-22/h8-14,17-22H,1-7H3/b14-13+/t17-,18-,19+,20+,21+,22+/m1/s1. The Kier molecular flexibility index (Phi) is 6.40. The van der Waals surface area contributed by atoms with Crippen LogP contribution >= 0.6 is 0 Å². The first-order valence-electron chi connectivity index (χ1n) is 11.6. The molecule has 1 aliphatic carbocycles. The van der Waals surface area contributed by atoms with E-state index in [1.165, 1.54) is 6.08 Å². The molecule has 2 aliphatic heterocycles. The monoisotopic (exact) mass is 474 g/mol. The number of carbonyl (C=O) groups excluding carboxylic acids is 2. The van der Waals surface area contributed by atoms with Crippen molar-refractivity contribution in [3.8, 4) is 0 Å². The maximum atomic E-state index is 12.9. The fourth-order valence-electron chi connectivity index (χ4n) is 4.50. The van der Waals surface area contributed by atoms with Gasteiger partial charge in [-0.05, 0) is 60.1 Å². The van der Waals surface area contributed by atoms with E-state index in [2.05, 4.69) is 0 Å². The second kappa shape index (κ2) is 8.75. The molecule has 0 amide bonds. The molecule has 3 fully saturated rings. The van der Waals surface area contributed by atoms with Crippen LogP contribution in [0.5, 0.6) is 0 Å². The van der Waals surface area contributed by atoms with Crippen molar-refractivity contribution in [1.82, 2.24) is 0 Å². The van der Waals surface area contributed by atoms with Crippen LogP contribution in [-0.2, 0) is 38.0 Å². The van der Waals surface area contributed by atoms with Crippen LogP contribution in [0.4, 0.5) is 0 Å². The van der Waals surface area contributed by atoms with E-state index in [0.717, 1.165) is 5.56 Å². The van der Waals surface area contributed by atoms with E-state index >= 15 is 0 Å². The minimum absolute atomic E-state index is 0.443. The summed E-state index contributed by atoms with van der Waals surface area (Å²) in [6, 6.07) is 9.41. The van der Waals surface area contributed by atoms with Gasteiger partial charge >= 0.3 is 11.9 Å². The van der Waals surface area contributed by atoms with Gasteiger partial charge in [-0.3, -0.25) is 4.79 Å². The molecule has 8 nitrogen and oxygen atoms in total. The van der Waals surface area contributed by atoms with Crippen molar-refractivity contribution in [2.45, 2.75) is 96.7 Å². The van der Waals surface area contributed by atoms with Gasteiger partial charge in [-0.25, -0.2) is 4.79 Å². The quantitative estimate of drug-likeness (QED) is 0.483. The van der Waals surface area contributed by atoms with Crippen LogP contribution in [0.2, 0.25) is 0 Å². The number of fused-ring (bicyclic) bond motifs is 3. The molecule has 8 heteroatoms. The molecule has 1 aromatic carbocycles. The van der Waals surface area contributed by atoms with Crippen LogP contribution in [0.25, 0.3) is 6.08 Å². The van der Waals surface area contributed by atoms with E-state index < -0.39 is 65.6 Å². The summed E-state index contributed by atoms with van der Waals surface area (Å²) in [7, 11) is 0. The minimum Gasteiger partial charge on any atom is -0.455 e. The zero-order valence-corrected chi connectivity index (χ0v) is 20.8. The Morgan fingerprint density at radius 3 is 1.76 bits per heavy atom. The molecule has 1 aromatic rings. The molecular formula is C26H34O8. The third kappa shape index (κ3) is 5.20. The molecule has 3 aliphatic rings. The average Bonchev–Trinajstić information content (AvgIpc) is 3.23. The van der Waals surface area contributed by atoms with Gasteiger partial charge in [0.05, 0.1) is 5.41 Å². The van der Waals surface area contributed by atoms with Crippen LogP contribution in [0, 0.1) is 5.41 Å². The third-order valence-electron chi connectivity index (χ3n) is 5.94. The number of esters is 2. The van der Waals surface area contributed by atoms with Crippen molar-refractivity contribution in [3.63, 3.8) is 0 Å². The summed E-state index contributed by atoms with van der Waals surface area (Å²) in [5.41, 5.74) is 0.0858. The summed E-state index contributed by atoms with van der Waals surface area (Å²) in [5.74, 6) is -2.91. The Labute approximate surface area is 200 Å². The van der Waals surface area contributed by atoms with Gasteiger partial charge in [0.25, 0.3) is 0 Å². The van der Waals surface area contributed by atoms with Crippen molar-refractivity contribution >= 4 is 18.0 Å². The summed E-state index contributed by atoms with van der Waals surface area (Å²) < 4.78 is 36.4. The lowest BCUT2D eigenvalue weighted by atomic mass is 9.84. The molecule has 0 aromatic heterocycles. The third-order valence-corrected chi connectivity index (χ3v) is 5.94. The molecule has 2 heterocycles. The fraction of sp³-hybridized carbons (Fsp3) is 0.615. The maximum absolute atomic E-state index is 12.9. The van der Waals surface area contributed by atoms with Crippen LogP contribution in [0.3, 0.4) is 0 Å². The number of hydrogen-bond acceptors (Lipinski definition) is 8. The highest BCUT2D eigenvalue weighted by Gasteiger charge is 2.66. The average molecular weight is 475 g/mol. The van der Waals surface area contributed by atoms with Crippen molar-refractivity contribution in [1.29, 1.82) is 0 Å². The highest BCUT2D eigenvalue weighted by Crippen LogP contribution is 2.46. The summed E-state index contributed by atoms with van der Waals surface area (Å²) >= 11 is 0. The Morgan fingerprint density at radius 1 is 0.794 bits per heavy atom. The van der Waals surface area contributed by atoms with Crippen molar-refractivity contribution in [2.24, 2.45) is 5.41 Å². The van der Waals surface area contributed by atoms with Gasteiger partial charge in [0.15, 0.2) is 23.8 Å². The summed E-state index contributed by atoms with van der Waals surface area (Å²) in [5, 5.41) is 0. The van der Waals surface area contributed by atoms with Crippen LogP contribution in [0.15, 0.2) is 36.4 Å². The zero-order chi connectivity index (χ0) is 24.9. The van der Waals surface area contributed by atoms with Crippen LogP contribution in [0.1, 0.15) is 54.0 Å². The summed E-state index contributed by atoms with van der Waals surface area (Å²) in [6.45, 7) is 12.4. The van der Waals surface area contributed by atoms with Crippen molar-refractivity contribution < 1.29 is 38.0 Å². The highest BCUT2D eigenvalue weighted by molar-refractivity contribution is 5.87. The molecule has 0 unspecified atom stereocenters. The summed E-state index contributed by atoms with van der Waals surface area (Å²) in [6.07, 6.45) is -1.42. The zero-order valence-electron chi connectivity index (χ0n) is 20.8. The topological polar surface area (TPSA) is 89.5 Å². The Balaban J connectivity index is 1.65. The minimum atomic E-state index is -0.954. The van der Waals surface area contributed by atoms with E-state index in [1.54, 1.807) is 54.5 Å². The molecule has 4 rings (SSSR count). The first-order chi connectivity index (χ1) is 15.8. The Hall–Kier alpha value is -2.26. The molecule has 0 radical (unpaired) electrons. The van der Waals surface area contributed by atoms with Gasteiger partial charge < -0.3 is 28.4 Å². The lowest BCUT2D eigenvalue weighted by Crippen LogP contribution is -2.64. The van der Waals surface area contributed by atoms with Crippen molar-refractivity contribution in [2.75, 3.05) is 0 Å². The predicted octanol–water partition coefficient (Wildman–Crippen LogP) is 3.62. The molecule has 6 atom stereocenters. The van der Waals surface area contributed by atoms with Gasteiger partial charge in [0.1, 0.15) is 24.4 Å². The van der Waals surface area contributed by atoms with E-state index in [0.29, 0.717) is 0 Å². The fourth-order valence-corrected chi connectivity index (χ4v) is 4.50. The number of ether oxygens (including phenoxy) is 6. The normalized spacial score (nSPS) is 33.9. The Morgan fingerprint density at radius 2 is 1.26 bits per heavy atom. The SMILES string of the molecule is CC1(C)O[C@@H]2[C@H]3OC(C)(C)O[C@H]3[C@H](OC(=O)C(C)(C)C)[C@@H](OC(=O)/C=C/c3ccccc3)[C@@H]2O1. The molecule has 0 N–H and O–H groups in total. The van der Waals surface area contributed by atoms with E-state index in [-0.39, 0.29) is 0 Å². The largest absolute Gasteiger partial charge is 0.455 e. The molecule has 0 bridgehead atoms. The summed E-state index contributed by atoms with van der Waals surface area (Å²) in [4.78, 5) is 25.8. The van der Waals surface area contributed by atoms with E-state index in [4.69, 9.17) is 28.4 Å². The van der Waals surface area contributed by atoms with Gasteiger partial charge in [-0.15, -0.1) is 0 Å². The van der Waals surface area contributed by atoms with Crippen molar-refractivity contribution in [3.05, 3.63) is 42.0 Å². The maximum Gasteiger partial charge on any atom is 0.331 e. The number of rotatable bonds is 4. The first-order valence-corrected chi connectivity index (χ1v) is 11.6. The number of hydrogen-bond donors (Lipinski definition) is 0. The second-order valence-corrected chi connectivity index (χ2v) is 10.9. The van der Waals surface area contributed by atoms with Crippen LogP contribution in [-0.4, -0.2) is 60.1 Å². The van der Waals surface area contributed by atoms with Gasteiger partial charge in [-0.1, -0.05) is 30.3 Å². The van der Waals surface area contributed by atoms with Gasteiger partial charge in [0.2, 0.25) is 0 Å². The Bertz CT molecular complexity index is 945. The first kappa shape index (κ1) is 24.9. The van der Waals surface area contributed by atoms with Gasteiger partial charge in [0, 0.05) is 6.08 Å². The van der Waals surface area contributed by atoms with E-state index in [1.807, 2.05) is 30.3 Å².